The summed E-state index contributed by atoms with van der Waals surface area (Å²) in [5, 5.41) is 0. The molecule has 0 aliphatic heterocycles. The number of hydrogen-bond donors (Lipinski definition) is 0. The Morgan fingerprint density at radius 1 is 0.553 bits per heavy atom. The van der Waals surface area contributed by atoms with Gasteiger partial charge in [0.05, 0.1) is 11.1 Å². The Labute approximate surface area is 215 Å². The van der Waals surface area contributed by atoms with Crippen LogP contribution < -0.4 is 0 Å². The molecule has 2 aromatic heterocycles. The van der Waals surface area contributed by atoms with Crippen LogP contribution in [0.15, 0.2) is 97.6 Å². The zero-order chi connectivity index (χ0) is 27.3. The SMILES string of the molecule is O=C(C(Cc1ccc(C(F)(F)F)cc1)c1ccncc1)C(Cc1ccc(C(F)(F)F)cc1)c1ccncc1. The van der Waals surface area contributed by atoms with E-state index in [0.717, 1.165) is 24.3 Å². The van der Waals surface area contributed by atoms with E-state index in [1.807, 2.05) is 0 Å². The Hall–Kier alpha value is -4.01. The van der Waals surface area contributed by atoms with Gasteiger partial charge in [0.15, 0.2) is 0 Å². The molecule has 3 nitrogen and oxygen atoms in total. The van der Waals surface area contributed by atoms with E-state index in [0.29, 0.717) is 22.3 Å². The van der Waals surface area contributed by atoms with E-state index in [-0.39, 0.29) is 18.6 Å². The highest BCUT2D eigenvalue weighted by molar-refractivity contribution is 5.92. The molecule has 196 valence electrons. The van der Waals surface area contributed by atoms with Gasteiger partial charge in [-0.3, -0.25) is 14.8 Å². The molecule has 2 heterocycles. The number of carbonyl (C=O) groups excluding carboxylic acids is 1. The number of rotatable bonds is 8. The normalized spacial score (nSPS) is 13.6. The third-order valence-electron chi connectivity index (χ3n) is 6.35. The monoisotopic (exact) mass is 528 g/mol. The standard InChI is InChI=1S/C29H22F6N2O/c30-28(31,32)23-5-1-19(2-6-23)17-25(21-9-13-36-14-10-21)27(38)26(22-11-15-37-16-12-22)18-20-3-7-24(8-4-20)29(33,34)35/h1-16,25-26H,17-18H2. The van der Waals surface area contributed by atoms with Crippen molar-refractivity contribution in [2.75, 3.05) is 0 Å². The van der Waals surface area contributed by atoms with Gasteiger partial charge in [-0.15, -0.1) is 0 Å². The van der Waals surface area contributed by atoms with Gasteiger partial charge in [0, 0.05) is 36.6 Å². The highest BCUT2D eigenvalue weighted by Gasteiger charge is 2.33. The second-order valence-electron chi connectivity index (χ2n) is 8.87. The molecule has 2 atom stereocenters. The predicted molar refractivity (Wildman–Crippen MR) is 129 cm³/mol. The van der Waals surface area contributed by atoms with Crippen molar-refractivity contribution in [3.63, 3.8) is 0 Å². The Morgan fingerprint density at radius 3 is 1.16 bits per heavy atom. The number of aromatic nitrogens is 2. The first-order chi connectivity index (χ1) is 18.0. The summed E-state index contributed by atoms with van der Waals surface area (Å²) in [5.41, 5.74) is 0.773. The largest absolute Gasteiger partial charge is 0.416 e. The van der Waals surface area contributed by atoms with Crippen LogP contribution in [0, 0.1) is 0 Å². The van der Waals surface area contributed by atoms with Gasteiger partial charge in [0.25, 0.3) is 0 Å². The lowest BCUT2D eigenvalue weighted by Gasteiger charge is -2.24. The first-order valence-corrected chi connectivity index (χ1v) is 11.7. The topological polar surface area (TPSA) is 42.9 Å². The molecular weight excluding hydrogens is 506 g/mol. The molecule has 0 amide bonds. The molecule has 0 radical (unpaired) electrons. The van der Waals surface area contributed by atoms with Gasteiger partial charge in [-0.25, -0.2) is 0 Å². The molecule has 2 unspecified atom stereocenters. The maximum Gasteiger partial charge on any atom is 0.416 e. The number of benzene rings is 2. The summed E-state index contributed by atoms with van der Waals surface area (Å²) < 4.78 is 78.2. The van der Waals surface area contributed by atoms with Crippen molar-refractivity contribution in [1.29, 1.82) is 0 Å². The van der Waals surface area contributed by atoms with Gasteiger partial charge < -0.3 is 0 Å². The fourth-order valence-electron chi connectivity index (χ4n) is 4.33. The van der Waals surface area contributed by atoms with Crippen LogP contribution in [0.5, 0.6) is 0 Å². The summed E-state index contributed by atoms with van der Waals surface area (Å²) in [4.78, 5) is 22.1. The minimum atomic E-state index is -4.48. The van der Waals surface area contributed by atoms with Gasteiger partial charge in [-0.1, -0.05) is 24.3 Å². The van der Waals surface area contributed by atoms with E-state index in [1.54, 1.807) is 24.3 Å². The first-order valence-electron chi connectivity index (χ1n) is 11.7. The van der Waals surface area contributed by atoms with Crippen molar-refractivity contribution < 1.29 is 31.1 Å². The summed E-state index contributed by atoms with van der Waals surface area (Å²) in [6, 6.07) is 16.0. The Balaban J connectivity index is 1.69. The maximum atomic E-state index is 14.1. The van der Waals surface area contributed by atoms with Crippen molar-refractivity contribution in [2.24, 2.45) is 0 Å². The maximum absolute atomic E-state index is 14.1. The number of ketones is 1. The van der Waals surface area contributed by atoms with Crippen LogP contribution in [0.1, 0.15) is 45.2 Å². The number of halogens is 6. The summed E-state index contributed by atoms with van der Waals surface area (Å²) in [6.45, 7) is 0. The Bertz CT molecular complexity index is 1230. The lowest BCUT2D eigenvalue weighted by atomic mass is 9.78. The van der Waals surface area contributed by atoms with Gasteiger partial charge in [0.1, 0.15) is 5.78 Å². The third kappa shape index (κ3) is 6.65. The average molecular weight is 528 g/mol. The highest BCUT2D eigenvalue weighted by atomic mass is 19.4. The molecule has 0 saturated heterocycles. The summed E-state index contributed by atoms with van der Waals surface area (Å²) in [6.07, 6.45) is -2.58. The van der Waals surface area contributed by atoms with Crippen LogP contribution in [-0.2, 0) is 30.0 Å². The van der Waals surface area contributed by atoms with E-state index in [2.05, 4.69) is 9.97 Å². The fraction of sp³-hybridized carbons (Fsp3) is 0.207. The molecule has 2 aromatic carbocycles. The molecule has 0 aliphatic carbocycles. The Morgan fingerprint density at radius 2 is 0.868 bits per heavy atom. The number of Topliss-reactive ketones (excluding diaryl/α,β-unsaturated/α-hetero) is 1. The molecule has 0 aliphatic rings. The molecule has 9 heteroatoms. The fourth-order valence-corrected chi connectivity index (χ4v) is 4.33. The van der Waals surface area contributed by atoms with Gasteiger partial charge in [0.2, 0.25) is 0 Å². The molecule has 0 saturated carbocycles. The van der Waals surface area contributed by atoms with Crippen LogP contribution in [-0.4, -0.2) is 15.8 Å². The third-order valence-corrected chi connectivity index (χ3v) is 6.35. The van der Waals surface area contributed by atoms with Crippen LogP contribution in [0.25, 0.3) is 0 Å². The summed E-state index contributed by atoms with van der Waals surface area (Å²) >= 11 is 0. The quantitative estimate of drug-likeness (QED) is 0.223. The van der Waals surface area contributed by atoms with Crippen molar-refractivity contribution in [1.82, 2.24) is 9.97 Å². The van der Waals surface area contributed by atoms with Crippen molar-refractivity contribution >= 4 is 5.78 Å². The smallest absolute Gasteiger partial charge is 0.298 e. The minimum Gasteiger partial charge on any atom is -0.298 e. The van der Waals surface area contributed by atoms with E-state index < -0.39 is 35.3 Å². The lowest BCUT2D eigenvalue weighted by molar-refractivity contribution is -0.138. The molecule has 0 spiro atoms. The number of nitrogens with zero attached hydrogens (tertiary/aromatic N) is 2. The number of carbonyl (C=O) groups is 1. The molecular formula is C29H22F6N2O. The molecule has 4 aromatic rings. The van der Waals surface area contributed by atoms with E-state index >= 15 is 0 Å². The predicted octanol–water partition coefficient (Wildman–Crippen LogP) is 7.44. The number of hydrogen-bond acceptors (Lipinski definition) is 3. The van der Waals surface area contributed by atoms with E-state index in [4.69, 9.17) is 0 Å². The van der Waals surface area contributed by atoms with Crippen LogP contribution in [0.4, 0.5) is 26.3 Å². The number of alkyl halides is 6. The number of pyridine rings is 2. The molecule has 4 rings (SSSR count). The average Bonchev–Trinajstić information content (AvgIpc) is 2.90. The minimum absolute atomic E-state index is 0.135. The van der Waals surface area contributed by atoms with Gasteiger partial charge in [-0.2, -0.15) is 26.3 Å². The van der Waals surface area contributed by atoms with Gasteiger partial charge in [-0.05, 0) is 83.6 Å². The highest BCUT2D eigenvalue weighted by Crippen LogP contribution is 2.34. The van der Waals surface area contributed by atoms with Crippen LogP contribution in [0.3, 0.4) is 0 Å². The van der Waals surface area contributed by atoms with Gasteiger partial charge >= 0.3 is 12.4 Å². The van der Waals surface area contributed by atoms with Crippen LogP contribution in [0.2, 0.25) is 0 Å². The zero-order valence-corrected chi connectivity index (χ0v) is 19.9. The second-order valence-corrected chi connectivity index (χ2v) is 8.87. The summed E-state index contributed by atoms with van der Waals surface area (Å²) in [5.74, 6) is -1.69. The zero-order valence-electron chi connectivity index (χ0n) is 19.9. The summed E-state index contributed by atoms with van der Waals surface area (Å²) in [7, 11) is 0. The van der Waals surface area contributed by atoms with E-state index in [9.17, 15) is 31.1 Å². The molecule has 0 bridgehead atoms. The first kappa shape index (κ1) is 27.0. The second kappa shape index (κ2) is 11.2. The molecule has 0 fully saturated rings. The van der Waals surface area contributed by atoms with Crippen molar-refractivity contribution in [3.05, 3.63) is 131 Å². The lowest BCUT2D eigenvalue weighted by Crippen LogP contribution is -2.24. The molecule has 38 heavy (non-hydrogen) atoms. The van der Waals surface area contributed by atoms with E-state index in [1.165, 1.54) is 49.1 Å². The molecule has 0 N–H and O–H groups in total. The van der Waals surface area contributed by atoms with Crippen LogP contribution >= 0.6 is 0 Å². The van der Waals surface area contributed by atoms with Crippen molar-refractivity contribution in [3.8, 4) is 0 Å². The van der Waals surface area contributed by atoms with Crippen molar-refractivity contribution in [2.45, 2.75) is 37.0 Å². The Kier molecular flexibility index (Phi) is 7.94.